The van der Waals surface area contributed by atoms with Gasteiger partial charge in [-0.1, -0.05) is 48.0 Å². The molecule has 0 bridgehead atoms. The molecule has 0 atom stereocenters. The third-order valence-electron chi connectivity index (χ3n) is 2.76. The van der Waals surface area contributed by atoms with Gasteiger partial charge in [-0.2, -0.15) is 0 Å². The fourth-order valence-electron chi connectivity index (χ4n) is 1.89. The lowest BCUT2D eigenvalue weighted by molar-refractivity contribution is -0.136. The van der Waals surface area contributed by atoms with Crippen molar-refractivity contribution in [3.05, 3.63) is 59.1 Å². The van der Waals surface area contributed by atoms with Crippen molar-refractivity contribution in [3.8, 4) is 11.1 Å². The summed E-state index contributed by atoms with van der Waals surface area (Å²) in [5, 5.41) is 9.42. The van der Waals surface area contributed by atoms with Crippen LogP contribution in [0.2, 0.25) is 5.02 Å². The quantitative estimate of drug-likeness (QED) is 0.901. The van der Waals surface area contributed by atoms with Gasteiger partial charge in [0.25, 0.3) is 0 Å². The molecule has 0 aromatic heterocycles. The van der Waals surface area contributed by atoms with Gasteiger partial charge in [-0.3, -0.25) is 4.79 Å². The lowest BCUT2D eigenvalue weighted by Crippen LogP contribution is -1.99. The highest BCUT2D eigenvalue weighted by atomic mass is 35.5. The maximum absolute atomic E-state index is 10.7. The van der Waals surface area contributed by atoms with Crippen LogP contribution in [0.25, 0.3) is 11.1 Å². The van der Waals surface area contributed by atoms with Crippen LogP contribution in [0.4, 0.5) is 0 Å². The molecule has 0 aliphatic rings. The molecule has 18 heavy (non-hydrogen) atoms. The molecule has 2 aromatic rings. The molecule has 0 amide bonds. The molecule has 0 saturated heterocycles. The predicted octanol–water partition coefficient (Wildman–Crippen LogP) is 4.02. The first kappa shape index (κ1) is 12.7. The van der Waals surface area contributed by atoms with Crippen molar-refractivity contribution in [1.29, 1.82) is 0 Å². The molecule has 3 heteroatoms. The Hall–Kier alpha value is -1.80. The Morgan fingerprint density at radius 1 is 1.11 bits per heavy atom. The van der Waals surface area contributed by atoms with Gasteiger partial charge in [0.2, 0.25) is 0 Å². The lowest BCUT2D eigenvalue weighted by atomic mass is 9.97. The van der Waals surface area contributed by atoms with Crippen molar-refractivity contribution in [2.75, 3.05) is 0 Å². The van der Waals surface area contributed by atoms with Crippen LogP contribution in [0.5, 0.6) is 0 Å². The van der Waals surface area contributed by atoms with Crippen molar-refractivity contribution < 1.29 is 9.90 Å². The molecule has 2 nitrogen and oxygen atoms in total. The van der Waals surface area contributed by atoms with Gasteiger partial charge < -0.3 is 5.11 Å². The zero-order chi connectivity index (χ0) is 13.0. The highest BCUT2D eigenvalue weighted by Crippen LogP contribution is 2.27. The lowest BCUT2D eigenvalue weighted by Gasteiger charge is -2.09. The van der Waals surface area contributed by atoms with Crippen LogP contribution in [-0.4, -0.2) is 11.1 Å². The van der Waals surface area contributed by atoms with Crippen LogP contribution in [-0.2, 0) is 11.2 Å². The highest BCUT2D eigenvalue weighted by Gasteiger charge is 2.07. The normalized spacial score (nSPS) is 10.3. The second-order valence-electron chi connectivity index (χ2n) is 4.06. The average Bonchev–Trinajstić information content (AvgIpc) is 2.38. The Kier molecular flexibility index (Phi) is 4.00. The topological polar surface area (TPSA) is 37.3 Å². The Labute approximate surface area is 111 Å². The number of hydrogen-bond donors (Lipinski definition) is 1. The zero-order valence-electron chi connectivity index (χ0n) is 9.77. The Morgan fingerprint density at radius 3 is 2.50 bits per heavy atom. The van der Waals surface area contributed by atoms with Gasteiger partial charge in [0.1, 0.15) is 0 Å². The van der Waals surface area contributed by atoms with E-state index in [9.17, 15) is 4.79 Å². The van der Waals surface area contributed by atoms with E-state index in [1.165, 1.54) is 0 Å². The van der Waals surface area contributed by atoms with E-state index in [1.54, 1.807) is 6.07 Å². The van der Waals surface area contributed by atoms with Crippen molar-refractivity contribution in [2.24, 2.45) is 0 Å². The minimum absolute atomic E-state index is 0.126. The third-order valence-corrected chi connectivity index (χ3v) is 3.00. The first-order valence-electron chi connectivity index (χ1n) is 5.72. The Bertz CT molecular complexity index is 550. The van der Waals surface area contributed by atoms with Gasteiger partial charge in [0.15, 0.2) is 0 Å². The summed E-state index contributed by atoms with van der Waals surface area (Å²) in [4.78, 5) is 10.7. The van der Waals surface area contributed by atoms with E-state index in [4.69, 9.17) is 16.7 Å². The number of aliphatic carboxylic acids is 1. The van der Waals surface area contributed by atoms with Crippen molar-refractivity contribution in [1.82, 2.24) is 0 Å². The number of halogens is 1. The van der Waals surface area contributed by atoms with Crippen LogP contribution in [0.3, 0.4) is 0 Å². The van der Waals surface area contributed by atoms with Crippen LogP contribution < -0.4 is 0 Å². The molecule has 0 spiro atoms. The van der Waals surface area contributed by atoms with Crippen molar-refractivity contribution in [2.45, 2.75) is 12.8 Å². The first-order valence-corrected chi connectivity index (χ1v) is 6.10. The van der Waals surface area contributed by atoms with E-state index < -0.39 is 5.97 Å². The number of rotatable bonds is 4. The van der Waals surface area contributed by atoms with Crippen molar-refractivity contribution >= 4 is 17.6 Å². The third kappa shape index (κ3) is 3.11. The number of carboxylic acid groups (broad SMARTS) is 1. The van der Waals surface area contributed by atoms with Gasteiger partial charge in [0, 0.05) is 11.4 Å². The van der Waals surface area contributed by atoms with Crippen LogP contribution in [0, 0.1) is 0 Å². The number of benzene rings is 2. The van der Waals surface area contributed by atoms with E-state index in [2.05, 4.69) is 0 Å². The van der Waals surface area contributed by atoms with Crippen LogP contribution in [0.1, 0.15) is 12.0 Å². The Balaban J connectivity index is 2.38. The minimum Gasteiger partial charge on any atom is -0.481 e. The molecular formula is C15H13ClO2. The van der Waals surface area contributed by atoms with Gasteiger partial charge in [0.05, 0.1) is 0 Å². The first-order chi connectivity index (χ1) is 8.66. The molecule has 0 heterocycles. The molecular weight excluding hydrogens is 248 g/mol. The molecule has 0 aliphatic heterocycles. The van der Waals surface area contributed by atoms with Crippen molar-refractivity contribution in [3.63, 3.8) is 0 Å². The molecule has 2 rings (SSSR count). The van der Waals surface area contributed by atoms with E-state index >= 15 is 0 Å². The number of hydrogen-bond acceptors (Lipinski definition) is 1. The fraction of sp³-hybridized carbons (Fsp3) is 0.133. The molecule has 0 radical (unpaired) electrons. The maximum Gasteiger partial charge on any atom is 0.303 e. The molecule has 0 saturated carbocycles. The molecule has 0 aliphatic carbocycles. The van der Waals surface area contributed by atoms with Gasteiger partial charge >= 0.3 is 5.97 Å². The van der Waals surface area contributed by atoms with E-state index in [0.717, 1.165) is 16.7 Å². The van der Waals surface area contributed by atoms with E-state index in [-0.39, 0.29) is 6.42 Å². The number of carboxylic acids is 1. The standard InChI is InChI=1S/C15H13ClO2/c16-13-8-6-12(7-9-15(17)18)14(10-13)11-4-2-1-3-5-11/h1-6,8,10H,7,9H2,(H,17,18). The SMILES string of the molecule is O=C(O)CCc1ccc(Cl)cc1-c1ccccc1. The molecule has 0 unspecified atom stereocenters. The summed E-state index contributed by atoms with van der Waals surface area (Å²) in [7, 11) is 0. The average molecular weight is 261 g/mol. The van der Waals surface area contributed by atoms with Crippen LogP contribution >= 0.6 is 11.6 Å². The van der Waals surface area contributed by atoms with Gasteiger partial charge in [-0.05, 0) is 35.2 Å². The second kappa shape index (κ2) is 5.69. The summed E-state index contributed by atoms with van der Waals surface area (Å²) in [6.07, 6.45) is 0.637. The minimum atomic E-state index is -0.788. The fourth-order valence-corrected chi connectivity index (χ4v) is 2.07. The summed E-state index contributed by atoms with van der Waals surface area (Å²) in [5.74, 6) is -0.788. The maximum atomic E-state index is 10.7. The zero-order valence-corrected chi connectivity index (χ0v) is 10.5. The summed E-state index contributed by atoms with van der Waals surface area (Å²) in [6, 6.07) is 15.4. The van der Waals surface area contributed by atoms with Crippen LogP contribution in [0.15, 0.2) is 48.5 Å². The summed E-state index contributed by atoms with van der Waals surface area (Å²) in [5.41, 5.74) is 3.07. The predicted molar refractivity (Wildman–Crippen MR) is 72.8 cm³/mol. The molecule has 2 aromatic carbocycles. The number of aryl methyl sites for hydroxylation is 1. The number of carbonyl (C=O) groups is 1. The summed E-state index contributed by atoms with van der Waals surface area (Å²) >= 11 is 6.01. The Morgan fingerprint density at radius 2 is 1.83 bits per heavy atom. The highest BCUT2D eigenvalue weighted by molar-refractivity contribution is 6.30. The summed E-state index contributed by atoms with van der Waals surface area (Å²) < 4.78 is 0. The molecule has 1 N–H and O–H groups in total. The monoisotopic (exact) mass is 260 g/mol. The largest absolute Gasteiger partial charge is 0.481 e. The molecule has 92 valence electrons. The van der Waals surface area contributed by atoms with E-state index in [0.29, 0.717) is 11.4 Å². The smallest absolute Gasteiger partial charge is 0.303 e. The van der Waals surface area contributed by atoms with Gasteiger partial charge in [-0.25, -0.2) is 0 Å². The molecule has 0 fully saturated rings. The van der Waals surface area contributed by atoms with E-state index in [1.807, 2.05) is 42.5 Å². The summed E-state index contributed by atoms with van der Waals surface area (Å²) in [6.45, 7) is 0. The van der Waals surface area contributed by atoms with Gasteiger partial charge in [-0.15, -0.1) is 0 Å². The second-order valence-corrected chi connectivity index (χ2v) is 4.50.